The molecule has 0 aromatic heterocycles. The molecule has 2 saturated heterocycles. The molecule has 0 radical (unpaired) electrons. The van der Waals surface area contributed by atoms with Crippen molar-refractivity contribution < 1.29 is 13.2 Å². The fraction of sp³-hybridized carbons (Fsp3) is 0.650. The number of hydrogen-bond donors (Lipinski definition) is 2. The monoisotopic (exact) mass is 427 g/mol. The number of carbonyl (C=O) groups is 1. The third-order valence-electron chi connectivity index (χ3n) is 6.13. The van der Waals surface area contributed by atoms with E-state index in [-0.39, 0.29) is 30.3 Å². The van der Waals surface area contributed by atoms with Crippen LogP contribution in [0.25, 0.3) is 0 Å². The molecule has 0 bridgehead atoms. The van der Waals surface area contributed by atoms with Crippen molar-refractivity contribution in [3.8, 4) is 0 Å². The molecule has 2 atom stereocenters. The van der Waals surface area contributed by atoms with Gasteiger partial charge in [0.15, 0.2) is 0 Å². The fourth-order valence-corrected chi connectivity index (χ4v) is 6.15. The Hall–Kier alpha value is -1.15. The first-order valence-corrected chi connectivity index (χ1v) is 11.6. The topological polar surface area (TPSA) is 78.5 Å². The zero-order chi connectivity index (χ0) is 18.9. The van der Waals surface area contributed by atoms with Crippen LogP contribution in [0.3, 0.4) is 0 Å². The molecule has 4 rings (SSSR count). The van der Waals surface area contributed by atoms with E-state index < -0.39 is 10.0 Å². The summed E-state index contributed by atoms with van der Waals surface area (Å²) < 4.78 is 27.8. The summed E-state index contributed by atoms with van der Waals surface area (Å²) in [4.78, 5) is 12.6. The number of sulfonamides is 1. The second kappa shape index (κ2) is 9.11. The Morgan fingerprint density at radius 3 is 2.75 bits per heavy atom. The van der Waals surface area contributed by atoms with E-state index in [2.05, 4.69) is 10.6 Å². The Balaban J connectivity index is 0.00000225. The summed E-state index contributed by atoms with van der Waals surface area (Å²) in [5.41, 5.74) is 2.47. The van der Waals surface area contributed by atoms with Crippen LogP contribution in [-0.2, 0) is 27.7 Å². The lowest BCUT2D eigenvalue weighted by atomic mass is 9.99. The number of amides is 1. The molecule has 2 fully saturated rings. The number of halogens is 1. The van der Waals surface area contributed by atoms with Crippen molar-refractivity contribution in [2.75, 3.05) is 26.2 Å². The Kier molecular flexibility index (Phi) is 7.02. The van der Waals surface area contributed by atoms with E-state index in [1.807, 2.05) is 12.1 Å². The molecule has 8 heteroatoms. The van der Waals surface area contributed by atoms with Crippen molar-refractivity contribution in [3.05, 3.63) is 29.3 Å². The predicted octanol–water partition coefficient (Wildman–Crippen LogP) is 1.87. The normalized spacial score (nSPS) is 25.1. The molecule has 2 heterocycles. The first-order chi connectivity index (χ1) is 13.0. The standard InChI is InChI=1S/C20H29N3O3S.ClH/c24-20(19-7-2-10-21-19)22-13-15-4-3-11-23(14-15)27(25,26)18-9-8-16-5-1-6-17(16)12-18;/h8-9,12,15,19,21H,1-7,10-11,13-14H2,(H,22,24);1H. The second-order valence-corrected chi connectivity index (χ2v) is 9.99. The first kappa shape index (κ1) is 21.6. The maximum Gasteiger partial charge on any atom is 0.243 e. The third kappa shape index (κ3) is 4.53. The molecule has 2 N–H and O–H groups in total. The molecule has 1 amide bonds. The zero-order valence-corrected chi connectivity index (χ0v) is 17.8. The van der Waals surface area contributed by atoms with Gasteiger partial charge in [0.25, 0.3) is 0 Å². The van der Waals surface area contributed by atoms with E-state index in [0.717, 1.165) is 51.5 Å². The minimum absolute atomic E-state index is 0. The van der Waals surface area contributed by atoms with Crippen LogP contribution in [0.5, 0.6) is 0 Å². The van der Waals surface area contributed by atoms with Crippen LogP contribution in [0.1, 0.15) is 43.2 Å². The van der Waals surface area contributed by atoms with Gasteiger partial charge in [0.05, 0.1) is 10.9 Å². The highest BCUT2D eigenvalue weighted by atomic mass is 35.5. The average molecular weight is 428 g/mol. The molecular weight excluding hydrogens is 398 g/mol. The number of fused-ring (bicyclic) bond motifs is 1. The summed E-state index contributed by atoms with van der Waals surface area (Å²) in [7, 11) is -3.46. The number of nitrogens with zero attached hydrogens (tertiary/aromatic N) is 1. The number of rotatable bonds is 5. The third-order valence-corrected chi connectivity index (χ3v) is 7.99. The molecule has 156 valence electrons. The fourth-order valence-electron chi connectivity index (χ4n) is 4.55. The van der Waals surface area contributed by atoms with Crippen LogP contribution in [0.4, 0.5) is 0 Å². The summed E-state index contributed by atoms with van der Waals surface area (Å²) in [6.45, 7) is 2.49. The van der Waals surface area contributed by atoms with Gasteiger partial charge in [-0.15, -0.1) is 12.4 Å². The van der Waals surface area contributed by atoms with Crippen molar-refractivity contribution in [2.45, 2.75) is 55.9 Å². The van der Waals surface area contributed by atoms with Gasteiger partial charge >= 0.3 is 0 Å². The summed E-state index contributed by atoms with van der Waals surface area (Å²) in [5, 5.41) is 6.22. The summed E-state index contributed by atoms with van der Waals surface area (Å²) in [5.74, 6) is 0.222. The minimum atomic E-state index is -3.46. The largest absolute Gasteiger partial charge is 0.354 e. The number of benzene rings is 1. The maximum atomic E-state index is 13.1. The van der Waals surface area contributed by atoms with E-state index in [9.17, 15) is 13.2 Å². The lowest BCUT2D eigenvalue weighted by Crippen LogP contribution is -2.46. The predicted molar refractivity (Wildman–Crippen MR) is 111 cm³/mol. The highest BCUT2D eigenvalue weighted by Gasteiger charge is 2.31. The molecule has 2 unspecified atom stereocenters. The van der Waals surface area contributed by atoms with Crippen molar-refractivity contribution in [1.29, 1.82) is 0 Å². The Bertz CT molecular complexity index is 809. The second-order valence-electron chi connectivity index (χ2n) is 8.05. The first-order valence-electron chi connectivity index (χ1n) is 10.2. The van der Waals surface area contributed by atoms with Crippen LogP contribution in [-0.4, -0.2) is 50.9 Å². The number of nitrogens with one attached hydrogen (secondary N) is 2. The van der Waals surface area contributed by atoms with Gasteiger partial charge < -0.3 is 10.6 Å². The Labute approximate surface area is 173 Å². The number of piperidine rings is 1. The number of hydrogen-bond acceptors (Lipinski definition) is 4. The minimum Gasteiger partial charge on any atom is -0.354 e. The highest BCUT2D eigenvalue weighted by molar-refractivity contribution is 7.89. The zero-order valence-electron chi connectivity index (χ0n) is 16.2. The molecule has 1 aromatic carbocycles. The van der Waals surface area contributed by atoms with Crippen molar-refractivity contribution in [1.82, 2.24) is 14.9 Å². The van der Waals surface area contributed by atoms with Crippen LogP contribution in [0, 0.1) is 5.92 Å². The molecule has 0 spiro atoms. The molecule has 1 aliphatic carbocycles. The molecule has 3 aliphatic rings. The molecule has 1 aromatic rings. The van der Waals surface area contributed by atoms with Crippen LogP contribution in [0.15, 0.2) is 23.1 Å². The molecule has 2 aliphatic heterocycles. The van der Waals surface area contributed by atoms with Gasteiger partial charge in [-0.05, 0) is 80.7 Å². The Morgan fingerprint density at radius 2 is 1.96 bits per heavy atom. The van der Waals surface area contributed by atoms with E-state index in [1.54, 1.807) is 10.4 Å². The summed E-state index contributed by atoms with van der Waals surface area (Å²) >= 11 is 0. The van der Waals surface area contributed by atoms with E-state index >= 15 is 0 Å². The smallest absolute Gasteiger partial charge is 0.243 e. The molecule has 0 saturated carbocycles. The van der Waals surface area contributed by atoms with E-state index in [0.29, 0.717) is 24.5 Å². The van der Waals surface area contributed by atoms with Gasteiger partial charge in [-0.25, -0.2) is 8.42 Å². The van der Waals surface area contributed by atoms with Crippen LogP contribution in [0.2, 0.25) is 0 Å². The van der Waals surface area contributed by atoms with E-state index in [1.165, 1.54) is 11.1 Å². The van der Waals surface area contributed by atoms with Gasteiger partial charge in [0.2, 0.25) is 15.9 Å². The summed E-state index contributed by atoms with van der Waals surface area (Å²) in [6.07, 6.45) is 6.85. The number of aryl methyl sites for hydroxylation is 2. The quantitative estimate of drug-likeness (QED) is 0.751. The summed E-state index contributed by atoms with van der Waals surface area (Å²) in [6, 6.07) is 5.52. The van der Waals surface area contributed by atoms with Crippen molar-refractivity contribution in [2.24, 2.45) is 5.92 Å². The van der Waals surface area contributed by atoms with Gasteiger partial charge in [-0.3, -0.25) is 4.79 Å². The lowest BCUT2D eigenvalue weighted by molar-refractivity contribution is -0.123. The van der Waals surface area contributed by atoms with Crippen LogP contribution >= 0.6 is 12.4 Å². The maximum absolute atomic E-state index is 13.1. The van der Waals surface area contributed by atoms with Gasteiger partial charge in [0, 0.05) is 19.6 Å². The van der Waals surface area contributed by atoms with Crippen molar-refractivity contribution >= 4 is 28.3 Å². The molecule has 28 heavy (non-hydrogen) atoms. The van der Waals surface area contributed by atoms with Crippen molar-refractivity contribution in [3.63, 3.8) is 0 Å². The molecular formula is C20H30ClN3O3S. The lowest BCUT2D eigenvalue weighted by Gasteiger charge is -2.32. The van der Waals surface area contributed by atoms with Gasteiger partial charge in [0.1, 0.15) is 0 Å². The van der Waals surface area contributed by atoms with Crippen LogP contribution < -0.4 is 10.6 Å². The molecule has 6 nitrogen and oxygen atoms in total. The van der Waals surface area contributed by atoms with E-state index in [4.69, 9.17) is 0 Å². The highest BCUT2D eigenvalue weighted by Crippen LogP contribution is 2.28. The average Bonchev–Trinajstić information content (AvgIpc) is 3.37. The Morgan fingerprint density at radius 1 is 1.14 bits per heavy atom. The van der Waals surface area contributed by atoms with Gasteiger partial charge in [-0.2, -0.15) is 4.31 Å². The number of carbonyl (C=O) groups excluding carboxylic acids is 1. The van der Waals surface area contributed by atoms with Gasteiger partial charge in [-0.1, -0.05) is 6.07 Å². The SMILES string of the molecule is Cl.O=C(NCC1CCCN(S(=O)(=O)c2ccc3c(c2)CCC3)C1)C1CCCN1.